The molecule has 7 heteroatoms. The van der Waals surface area contributed by atoms with Crippen LogP contribution in [0.5, 0.6) is 0 Å². The number of rotatable bonds is 4. The number of thiophene rings is 1. The Morgan fingerprint density at radius 3 is 2.14 bits per heavy atom. The van der Waals surface area contributed by atoms with Gasteiger partial charge in [0.25, 0.3) is 0 Å². The second-order valence-electron chi connectivity index (χ2n) is 5.47. The third kappa shape index (κ3) is 3.16. The average Bonchev–Trinajstić information content (AvgIpc) is 2.87. The fourth-order valence-corrected chi connectivity index (χ4v) is 2.72. The van der Waals surface area contributed by atoms with Gasteiger partial charge in [0.15, 0.2) is 0 Å². The van der Waals surface area contributed by atoms with E-state index in [9.17, 15) is 13.9 Å². The number of aliphatic hydroxyl groups excluding tert-OH is 1. The van der Waals surface area contributed by atoms with Crippen molar-refractivity contribution in [3.8, 4) is 11.1 Å². The number of hydrogen-bond acceptors (Lipinski definition) is 4. The van der Waals surface area contributed by atoms with Gasteiger partial charge in [-0.15, -0.1) is 0 Å². The molecule has 3 N–H and O–H groups in total. The lowest BCUT2D eigenvalue weighted by atomic mass is 9.84. The molecule has 2 aromatic rings. The molecule has 112 valence electrons. The Morgan fingerprint density at radius 1 is 1.14 bits per heavy atom. The van der Waals surface area contributed by atoms with Crippen LogP contribution in [0.1, 0.15) is 19.4 Å². The highest BCUT2D eigenvalue weighted by atomic mass is 32.1. The van der Waals surface area contributed by atoms with Crippen molar-refractivity contribution in [2.45, 2.75) is 19.3 Å². The van der Waals surface area contributed by atoms with Gasteiger partial charge < -0.3 is 15.2 Å². The van der Waals surface area contributed by atoms with E-state index < -0.39 is 24.2 Å². The molecule has 1 aromatic heterocycles. The van der Waals surface area contributed by atoms with Crippen molar-refractivity contribution < 1.29 is 23.9 Å². The van der Waals surface area contributed by atoms with Gasteiger partial charge in [0.1, 0.15) is 11.6 Å². The van der Waals surface area contributed by atoms with Gasteiger partial charge >= 0.3 is 7.12 Å². The first kappa shape index (κ1) is 16.1. The van der Waals surface area contributed by atoms with Crippen molar-refractivity contribution in [1.29, 1.82) is 0 Å². The molecule has 0 bridgehead atoms. The van der Waals surface area contributed by atoms with Gasteiger partial charge in [-0.3, -0.25) is 0 Å². The minimum atomic E-state index is -1.66. The minimum absolute atomic E-state index is 0.212. The third-order valence-electron chi connectivity index (χ3n) is 3.38. The van der Waals surface area contributed by atoms with Crippen molar-refractivity contribution in [3.05, 3.63) is 40.8 Å². The summed E-state index contributed by atoms with van der Waals surface area (Å²) >= 11 is 1.01. The minimum Gasteiger partial charge on any atom is -0.423 e. The van der Waals surface area contributed by atoms with Gasteiger partial charge in [-0.25, -0.2) is 8.78 Å². The van der Waals surface area contributed by atoms with E-state index >= 15 is 0 Å². The lowest BCUT2D eigenvalue weighted by molar-refractivity contribution is 0.218. The molecule has 0 radical (unpaired) electrons. The normalized spacial score (nSPS) is 11.8. The molecule has 0 unspecified atom stereocenters. The standard InChI is InChI=1S/C14H15BF2O3S/c1-14(2,7-18)9-4-10(16)13(11(17)5-9)8-3-12(15(19)20)21-6-8/h3-6,18-20H,7H2,1-2H3. The zero-order valence-corrected chi connectivity index (χ0v) is 12.4. The van der Waals surface area contributed by atoms with Crippen molar-refractivity contribution >= 4 is 23.2 Å². The second kappa shape index (κ2) is 5.85. The summed E-state index contributed by atoms with van der Waals surface area (Å²) in [5.74, 6) is -1.49. The molecule has 0 aliphatic rings. The molecule has 0 amide bonds. The highest BCUT2D eigenvalue weighted by Crippen LogP contribution is 2.32. The summed E-state index contributed by atoms with van der Waals surface area (Å²) in [7, 11) is -1.66. The summed E-state index contributed by atoms with van der Waals surface area (Å²) in [6, 6.07) is 3.73. The van der Waals surface area contributed by atoms with E-state index in [0.29, 0.717) is 5.56 Å². The van der Waals surface area contributed by atoms with E-state index in [0.717, 1.165) is 11.3 Å². The Bertz CT molecular complexity index is 632. The molecule has 0 saturated carbocycles. The molecule has 0 atom stereocenters. The fraction of sp³-hybridized carbons (Fsp3) is 0.286. The van der Waals surface area contributed by atoms with Crippen LogP contribution in [0.15, 0.2) is 23.6 Å². The lowest BCUT2D eigenvalue weighted by Gasteiger charge is -2.23. The first-order chi connectivity index (χ1) is 9.76. The predicted molar refractivity (Wildman–Crippen MR) is 79.6 cm³/mol. The molecular weight excluding hydrogens is 297 g/mol. The van der Waals surface area contributed by atoms with Crippen LogP contribution in [0, 0.1) is 11.6 Å². The maximum absolute atomic E-state index is 14.2. The van der Waals surface area contributed by atoms with E-state index in [-0.39, 0.29) is 22.5 Å². The molecule has 0 spiro atoms. The van der Waals surface area contributed by atoms with Crippen LogP contribution >= 0.6 is 11.3 Å². The Morgan fingerprint density at radius 2 is 1.71 bits per heavy atom. The largest absolute Gasteiger partial charge is 0.499 e. The number of aliphatic hydroxyl groups is 1. The molecule has 0 saturated heterocycles. The van der Waals surface area contributed by atoms with Crippen molar-refractivity contribution in [1.82, 2.24) is 0 Å². The van der Waals surface area contributed by atoms with Crippen molar-refractivity contribution in [3.63, 3.8) is 0 Å². The highest BCUT2D eigenvalue weighted by molar-refractivity contribution is 7.20. The highest BCUT2D eigenvalue weighted by Gasteiger charge is 2.24. The van der Waals surface area contributed by atoms with E-state index in [1.165, 1.54) is 23.6 Å². The molecule has 3 nitrogen and oxygen atoms in total. The molecule has 1 heterocycles. The summed E-state index contributed by atoms with van der Waals surface area (Å²) in [5, 5.41) is 28.9. The van der Waals surface area contributed by atoms with Crippen molar-refractivity contribution in [2.24, 2.45) is 0 Å². The molecule has 0 fully saturated rings. The zero-order valence-electron chi connectivity index (χ0n) is 11.6. The van der Waals surface area contributed by atoms with E-state index in [1.807, 2.05) is 0 Å². The van der Waals surface area contributed by atoms with Gasteiger partial charge in [-0.1, -0.05) is 13.8 Å². The van der Waals surface area contributed by atoms with Gasteiger partial charge in [0.2, 0.25) is 0 Å². The first-order valence-electron chi connectivity index (χ1n) is 6.31. The summed E-state index contributed by atoms with van der Waals surface area (Å²) < 4.78 is 28.7. The number of hydrogen-bond donors (Lipinski definition) is 3. The van der Waals surface area contributed by atoms with E-state index in [4.69, 9.17) is 10.0 Å². The zero-order chi connectivity index (χ0) is 15.8. The van der Waals surface area contributed by atoms with Crippen LogP contribution in [0.4, 0.5) is 8.78 Å². The number of halogens is 2. The fourth-order valence-electron chi connectivity index (χ4n) is 1.95. The smallest absolute Gasteiger partial charge is 0.423 e. The molecule has 2 rings (SSSR count). The van der Waals surface area contributed by atoms with Gasteiger partial charge in [-0.05, 0) is 34.7 Å². The number of benzene rings is 1. The van der Waals surface area contributed by atoms with Crippen LogP contribution < -0.4 is 4.78 Å². The van der Waals surface area contributed by atoms with Gasteiger partial charge in [0.05, 0.1) is 12.2 Å². The van der Waals surface area contributed by atoms with E-state index in [2.05, 4.69) is 0 Å². The summed E-state index contributed by atoms with van der Waals surface area (Å²) in [6.07, 6.45) is 0. The second-order valence-corrected chi connectivity index (χ2v) is 6.41. The quantitative estimate of drug-likeness (QED) is 0.752. The van der Waals surface area contributed by atoms with Crippen LogP contribution in [-0.2, 0) is 5.41 Å². The SMILES string of the molecule is CC(C)(CO)c1cc(F)c(-c2csc(B(O)O)c2)c(F)c1. The Balaban J connectivity index is 2.50. The topological polar surface area (TPSA) is 60.7 Å². The van der Waals surface area contributed by atoms with Crippen LogP contribution in [-0.4, -0.2) is 28.9 Å². The Kier molecular flexibility index (Phi) is 4.48. The lowest BCUT2D eigenvalue weighted by Crippen LogP contribution is -2.26. The van der Waals surface area contributed by atoms with E-state index in [1.54, 1.807) is 13.8 Å². The summed E-state index contributed by atoms with van der Waals surface area (Å²) in [5.41, 5.74) is -0.343. The van der Waals surface area contributed by atoms with Crippen LogP contribution in [0.3, 0.4) is 0 Å². The van der Waals surface area contributed by atoms with Gasteiger partial charge in [-0.2, -0.15) is 11.3 Å². The third-order valence-corrected chi connectivity index (χ3v) is 4.35. The van der Waals surface area contributed by atoms with Gasteiger partial charge in [0, 0.05) is 10.2 Å². The molecule has 21 heavy (non-hydrogen) atoms. The Hall–Kier alpha value is -1.28. The molecule has 0 aliphatic heterocycles. The molecule has 1 aromatic carbocycles. The van der Waals surface area contributed by atoms with Crippen LogP contribution in [0.2, 0.25) is 0 Å². The molecular formula is C14H15BF2O3S. The van der Waals surface area contributed by atoms with Crippen LogP contribution in [0.25, 0.3) is 11.1 Å². The predicted octanol–water partition coefficient (Wildman–Crippen LogP) is 1.64. The average molecular weight is 312 g/mol. The molecule has 0 aliphatic carbocycles. The Labute approximate surface area is 125 Å². The van der Waals surface area contributed by atoms with Crippen molar-refractivity contribution in [2.75, 3.05) is 6.61 Å². The summed E-state index contributed by atoms with van der Waals surface area (Å²) in [4.78, 5) is 0. The first-order valence-corrected chi connectivity index (χ1v) is 7.19. The maximum Gasteiger partial charge on any atom is 0.499 e. The maximum atomic E-state index is 14.2. The monoisotopic (exact) mass is 312 g/mol. The summed E-state index contributed by atoms with van der Waals surface area (Å²) in [6.45, 7) is 3.14.